The van der Waals surface area contributed by atoms with Crippen LogP contribution < -0.4 is 0 Å². The summed E-state index contributed by atoms with van der Waals surface area (Å²) in [6.45, 7) is 0. The lowest BCUT2D eigenvalue weighted by molar-refractivity contribution is 0.338. The molecule has 0 saturated carbocycles. The van der Waals surface area contributed by atoms with Gasteiger partial charge >= 0.3 is 0 Å². The van der Waals surface area contributed by atoms with Crippen LogP contribution in [-0.4, -0.2) is 18.0 Å². The van der Waals surface area contributed by atoms with E-state index in [9.17, 15) is 0 Å². The van der Waals surface area contributed by atoms with Gasteiger partial charge in [-0.2, -0.15) is 0 Å². The molecule has 1 heterocycles. The van der Waals surface area contributed by atoms with Gasteiger partial charge in [0, 0.05) is 13.0 Å². The third-order valence-corrected chi connectivity index (χ3v) is 10.8. The summed E-state index contributed by atoms with van der Waals surface area (Å²) in [5.41, 5.74) is 10.5. The van der Waals surface area contributed by atoms with Crippen LogP contribution in [0.5, 0.6) is 0 Å². The van der Waals surface area contributed by atoms with Gasteiger partial charge in [-0.25, -0.2) is 0 Å². The first kappa shape index (κ1) is 29.5. The molecule has 1 nitrogen and oxygen atoms in total. The summed E-state index contributed by atoms with van der Waals surface area (Å²) < 4.78 is 0. The number of hydrogen-bond donors (Lipinski definition) is 0. The maximum atomic E-state index is 2.51. The van der Waals surface area contributed by atoms with Crippen LogP contribution in [-0.2, 0) is 0 Å². The molecule has 9 rings (SSSR count). The van der Waals surface area contributed by atoms with Gasteiger partial charge in [0.25, 0.3) is 0 Å². The highest BCUT2D eigenvalue weighted by atomic mass is 15.1. The second-order valence-corrected chi connectivity index (χ2v) is 13.6. The fraction of sp³-hybridized carbons (Fsp3) is 0.125. The van der Waals surface area contributed by atoms with Crippen molar-refractivity contribution in [3.8, 4) is 33.4 Å². The quantitative estimate of drug-likeness (QED) is 0.171. The Morgan fingerprint density at radius 1 is 0.571 bits per heavy atom. The molecular weight excluding hydrogens is 591 g/mol. The highest BCUT2D eigenvalue weighted by Crippen LogP contribution is 2.46. The summed E-state index contributed by atoms with van der Waals surface area (Å²) in [6, 6.07) is 52.0. The molecule has 0 radical (unpaired) electrons. The lowest BCUT2D eigenvalue weighted by atomic mass is 9.79. The fourth-order valence-corrected chi connectivity index (χ4v) is 8.33. The molecule has 2 atom stereocenters. The summed E-state index contributed by atoms with van der Waals surface area (Å²) >= 11 is 0. The van der Waals surface area contributed by atoms with Crippen molar-refractivity contribution in [1.29, 1.82) is 0 Å². The summed E-state index contributed by atoms with van der Waals surface area (Å²) in [4.78, 5) is 2.37. The molecule has 0 amide bonds. The van der Waals surface area contributed by atoms with Crippen molar-refractivity contribution in [3.63, 3.8) is 0 Å². The minimum Gasteiger partial charge on any atom is -0.374 e. The molecule has 0 saturated heterocycles. The number of benzene rings is 7. The Morgan fingerprint density at radius 3 is 2.04 bits per heavy atom. The van der Waals surface area contributed by atoms with E-state index in [4.69, 9.17) is 0 Å². The molecule has 0 spiro atoms. The Balaban J connectivity index is 1.25. The Kier molecular flexibility index (Phi) is 7.47. The summed E-state index contributed by atoms with van der Waals surface area (Å²) in [5, 5.41) is 7.88. The Labute approximate surface area is 289 Å². The zero-order valence-electron chi connectivity index (χ0n) is 27.9. The standard InChI is InChI=1S/C48H39N/c1-49-31-10-9-20-46(49)36-23-27-38(28-24-36)48-43-18-8-7-17-42(43)47(37-25-21-34(22-26-37)33-12-3-2-4-13-33)44-30-29-39(32-45(44)48)41-19-11-15-35-14-5-6-16-40(35)41/h2-8,10-19,21-27,29-32,38,46H,9,20,28H2,1H3. The van der Waals surface area contributed by atoms with Crippen LogP contribution in [0.25, 0.3) is 65.7 Å². The Bertz CT molecular complexity index is 2420. The van der Waals surface area contributed by atoms with E-state index in [1.165, 1.54) is 83.3 Å². The van der Waals surface area contributed by atoms with Crippen molar-refractivity contribution >= 4 is 32.3 Å². The Morgan fingerprint density at radius 2 is 1.24 bits per heavy atom. The van der Waals surface area contributed by atoms with Gasteiger partial charge in [0.15, 0.2) is 0 Å². The molecule has 0 aromatic heterocycles. The molecule has 0 N–H and O–H groups in total. The average Bonchev–Trinajstić information content (AvgIpc) is 3.17. The topological polar surface area (TPSA) is 3.24 Å². The van der Waals surface area contributed by atoms with Crippen molar-refractivity contribution in [2.24, 2.45) is 0 Å². The van der Waals surface area contributed by atoms with Crippen LogP contribution in [0, 0.1) is 0 Å². The van der Waals surface area contributed by atoms with E-state index in [2.05, 4.69) is 182 Å². The number of hydrogen-bond acceptors (Lipinski definition) is 1. The predicted molar refractivity (Wildman–Crippen MR) is 210 cm³/mol. The molecule has 2 unspecified atom stereocenters. The van der Waals surface area contributed by atoms with Crippen molar-refractivity contribution in [2.45, 2.75) is 31.2 Å². The third-order valence-electron chi connectivity index (χ3n) is 10.8. The molecular formula is C48H39N. The summed E-state index contributed by atoms with van der Waals surface area (Å²) in [5.74, 6) is 0.290. The maximum Gasteiger partial charge on any atom is 0.0533 e. The van der Waals surface area contributed by atoms with E-state index in [1.807, 2.05) is 0 Å². The lowest BCUT2D eigenvalue weighted by Crippen LogP contribution is -2.31. The van der Waals surface area contributed by atoms with Crippen LogP contribution in [0.15, 0.2) is 176 Å². The number of likely N-dealkylation sites (N-methyl/N-ethyl adjacent to an activating group) is 1. The van der Waals surface area contributed by atoms with Crippen molar-refractivity contribution in [1.82, 2.24) is 4.90 Å². The maximum absolute atomic E-state index is 2.51. The predicted octanol–water partition coefficient (Wildman–Crippen LogP) is 12.7. The zero-order valence-corrected chi connectivity index (χ0v) is 27.9. The van der Waals surface area contributed by atoms with Gasteiger partial charge in [-0.05, 0) is 108 Å². The van der Waals surface area contributed by atoms with Gasteiger partial charge in [0.05, 0.1) is 6.04 Å². The largest absolute Gasteiger partial charge is 0.374 e. The molecule has 7 aromatic carbocycles. The molecule has 0 fully saturated rings. The second kappa shape index (κ2) is 12.4. The Hall–Kier alpha value is -5.66. The number of fused-ring (bicyclic) bond motifs is 3. The molecule has 49 heavy (non-hydrogen) atoms. The minimum atomic E-state index is 0.290. The number of rotatable bonds is 5. The van der Waals surface area contributed by atoms with E-state index >= 15 is 0 Å². The van der Waals surface area contributed by atoms with E-state index in [0.717, 1.165) is 12.8 Å². The molecule has 1 aliphatic heterocycles. The van der Waals surface area contributed by atoms with Crippen LogP contribution in [0.4, 0.5) is 0 Å². The lowest BCUT2D eigenvalue weighted by Gasteiger charge is -2.33. The first-order chi connectivity index (χ1) is 24.2. The van der Waals surface area contributed by atoms with Crippen molar-refractivity contribution < 1.29 is 0 Å². The second-order valence-electron chi connectivity index (χ2n) is 13.6. The van der Waals surface area contributed by atoms with E-state index < -0.39 is 0 Å². The normalized spacial score (nSPS) is 17.6. The highest BCUT2D eigenvalue weighted by molar-refractivity contribution is 6.16. The molecule has 236 valence electrons. The third kappa shape index (κ3) is 5.27. The molecule has 1 aliphatic carbocycles. The minimum absolute atomic E-state index is 0.290. The fourth-order valence-electron chi connectivity index (χ4n) is 8.33. The molecule has 0 bridgehead atoms. The monoisotopic (exact) mass is 629 g/mol. The van der Waals surface area contributed by atoms with E-state index in [0.29, 0.717) is 6.04 Å². The van der Waals surface area contributed by atoms with Gasteiger partial charge < -0.3 is 4.90 Å². The smallest absolute Gasteiger partial charge is 0.0533 e. The molecule has 2 aliphatic rings. The van der Waals surface area contributed by atoms with Gasteiger partial charge in [-0.15, -0.1) is 0 Å². The van der Waals surface area contributed by atoms with Crippen LogP contribution in [0.1, 0.15) is 30.7 Å². The molecule has 7 aromatic rings. The van der Waals surface area contributed by atoms with Gasteiger partial charge in [-0.3, -0.25) is 0 Å². The molecule has 1 heteroatoms. The first-order valence-electron chi connectivity index (χ1n) is 17.6. The highest BCUT2D eigenvalue weighted by Gasteiger charge is 2.25. The van der Waals surface area contributed by atoms with Gasteiger partial charge in [0.2, 0.25) is 0 Å². The van der Waals surface area contributed by atoms with Gasteiger partial charge in [0.1, 0.15) is 0 Å². The number of nitrogens with zero attached hydrogens (tertiary/aromatic N) is 1. The van der Waals surface area contributed by atoms with Crippen LogP contribution >= 0.6 is 0 Å². The van der Waals surface area contributed by atoms with Gasteiger partial charge in [-0.1, -0.05) is 158 Å². The van der Waals surface area contributed by atoms with Crippen molar-refractivity contribution in [3.05, 3.63) is 181 Å². The first-order valence-corrected chi connectivity index (χ1v) is 17.6. The van der Waals surface area contributed by atoms with E-state index in [-0.39, 0.29) is 5.92 Å². The SMILES string of the molecule is CN1C=CCCC1C1=CCC(c2c3ccccc3c(-c3ccc(-c4ccccc4)cc3)c3ccc(-c4cccc5ccccc45)cc23)C=C1. The number of allylic oxidation sites excluding steroid dienone is 3. The van der Waals surface area contributed by atoms with E-state index in [1.54, 1.807) is 0 Å². The van der Waals surface area contributed by atoms with Crippen molar-refractivity contribution in [2.75, 3.05) is 7.05 Å². The van der Waals surface area contributed by atoms with Crippen LogP contribution in [0.2, 0.25) is 0 Å². The average molecular weight is 630 g/mol. The summed E-state index contributed by atoms with van der Waals surface area (Å²) in [7, 11) is 2.21. The summed E-state index contributed by atoms with van der Waals surface area (Å²) in [6.07, 6.45) is 15.3. The zero-order chi connectivity index (χ0) is 32.7. The van der Waals surface area contributed by atoms with Crippen LogP contribution in [0.3, 0.4) is 0 Å².